The topological polar surface area (TPSA) is 63.8 Å². The largest absolute Gasteiger partial charge is 0.383 e. The molecule has 1 aromatic heterocycles. The lowest BCUT2D eigenvalue weighted by molar-refractivity contribution is 0.348. The van der Waals surface area contributed by atoms with E-state index in [4.69, 9.17) is 5.73 Å². The summed E-state index contributed by atoms with van der Waals surface area (Å²) in [7, 11) is 0. The molecule has 1 heterocycles. The molecule has 2 saturated carbocycles. The van der Waals surface area contributed by atoms with Gasteiger partial charge in [0, 0.05) is 12.6 Å². The average molecular weight is 297 g/mol. The highest BCUT2D eigenvalue weighted by atomic mass is 79.9. The zero-order valence-electron chi connectivity index (χ0n) is 9.69. The minimum atomic E-state index is 0.502. The SMILES string of the molecule is Nc1cc(Br)nc(NCC2CC3CCC2C3)n1. The fraction of sp³-hybridized carbons (Fsp3) is 0.667. The van der Waals surface area contributed by atoms with Crippen LogP contribution in [0.1, 0.15) is 25.7 Å². The van der Waals surface area contributed by atoms with Crippen LogP contribution in [-0.4, -0.2) is 16.5 Å². The quantitative estimate of drug-likeness (QED) is 0.842. The smallest absolute Gasteiger partial charge is 0.225 e. The highest BCUT2D eigenvalue weighted by Gasteiger charge is 2.39. The van der Waals surface area contributed by atoms with Gasteiger partial charge in [-0.2, -0.15) is 4.98 Å². The average Bonchev–Trinajstić information content (AvgIpc) is 2.86. The Morgan fingerprint density at radius 2 is 2.24 bits per heavy atom. The molecule has 1 aromatic rings. The first-order chi connectivity index (χ1) is 8.20. The molecular formula is C12H17BrN4. The molecule has 92 valence electrons. The van der Waals surface area contributed by atoms with Crippen LogP contribution >= 0.6 is 15.9 Å². The Hall–Kier alpha value is -0.840. The predicted octanol–water partition coefficient (Wildman–Crippen LogP) is 2.67. The normalized spacial score (nSPS) is 30.8. The molecule has 0 aromatic carbocycles. The molecule has 2 aliphatic carbocycles. The summed E-state index contributed by atoms with van der Waals surface area (Å²) in [5.41, 5.74) is 5.68. The van der Waals surface area contributed by atoms with Crippen molar-refractivity contribution in [1.82, 2.24) is 9.97 Å². The van der Waals surface area contributed by atoms with Crippen molar-refractivity contribution in [3.8, 4) is 0 Å². The van der Waals surface area contributed by atoms with Crippen molar-refractivity contribution in [1.29, 1.82) is 0 Å². The summed E-state index contributed by atoms with van der Waals surface area (Å²) in [5.74, 6) is 3.86. The summed E-state index contributed by atoms with van der Waals surface area (Å²) in [6.07, 6.45) is 5.68. The van der Waals surface area contributed by atoms with E-state index >= 15 is 0 Å². The van der Waals surface area contributed by atoms with Crippen molar-refractivity contribution >= 4 is 27.7 Å². The Balaban J connectivity index is 1.60. The third kappa shape index (κ3) is 2.39. The maximum Gasteiger partial charge on any atom is 0.225 e. The van der Waals surface area contributed by atoms with Crippen LogP contribution in [0.3, 0.4) is 0 Å². The molecule has 4 nitrogen and oxygen atoms in total. The van der Waals surface area contributed by atoms with Crippen molar-refractivity contribution in [2.24, 2.45) is 17.8 Å². The maximum atomic E-state index is 5.68. The van der Waals surface area contributed by atoms with E-state index in [9.17, 15) is 0 Å². The summed E-state index contributed by atoms with van der Waals surface area (Å²) < 4.78 is 0.737. The zero-order valence-corrected chi connectivity index (χ0v) is 11.3. The third-order valence-electron chi connectivity index (χ3n) is 4.12. The lowest BCUT2D eigenvalue weighted by Gasteiger charge is -2.21. The monoisotopic (exact) mass is 296 g/mol. The maximum absolute atomic E-state index is 5.68. The standard InChI is InChI=1S/C12H17BrN4/c13-10-5-11(14)17-12(16-10)15-6-9-4-7-1-2-8(9)3-7/h5,7-9H,1-4,6H2,(H3,14,15,16,17). The van der Waals surface area contributed by atoms with E-state index in [1.165, 1.54) is 25.7 Å². The Labute approximate surface area is 110 Å². The minimum Gasteiger partial charge on any atom is -0.383 e. The van der Waals surface area contributed by atoms with Crippen LogP contribution in [0.15, 0.2) is 10.7 Å². The van der Waals surface area contributed by atoms with Gasteiger partial charge in [-0.3, -0.25) is 0 Å². The Morgan fingerprint density at radius 1 is 1.35 bits per heavy atom. The molecule has 2 aliphatic rings. The number of nitrogens with two attached hydrogens (primary N) is 1. The molecule has 17 heavy (non-hydrogen) atoms. The summed E-state index contributed by atoms with van der Waals surface area (Å²) in [5, 5.41) is 3.32. The van der Waals surface area contributed by atoms with Crippen LogP contribution in [0.5, 0.6) is 0 Å². The molecule has 0 amide bonds. The number of hydrogen-bond acceptors (Lipinski definition) is 4. The fourth-order valence-corrected chi connectivity index (χ4v) is 3.77. The van der Waals surface area contributed by atoms with Gasteiger partial charge in [-0.1, -0.05) is 6.42 Å². The van der Waals surface area contributed by atoms with E-state index in [1.807, 2.05) is 0 Å². The van der Waals surface area contributed by atoms with Crippen LogP contribution in [0.4, 0.5) is 11.8 Å². The van der Waals surface area contributed by atoms with Crippen molar-refractivity contribution in [2.75, 3.05) is 17.6 Å². The van der Waals surface area contributed by atoms with Gasteiger partial charge in [-0.05, 0) is 52.9 Å². The van der Waals surface area contributed by atoms with Crippen LogP contribution < -0.4 is 11.1 Å². The van der Waals surface area contributed by atoms with Gasteiger partial charge in [0.25, 0.3) is 0 Å². The van der Waals surface area contributed by atoms with Gasteiger partial charge >= 0.3 is 0 Å². The highest BCUT2D eigenvalue weighted by molar-refractivity contribution is 9.10. The van der Waals surface area contributed by atoms with Gasteiger partial charge in [0.05, 0.1) is 0 Å². The lowest BCUT2D eigenvalue weighted by atomic mass is 9.89. The van der Waals surface area contributed by atoms with Gasteiger partial charge in [0.2, 0.25) is 5.95 Å². The lowest BCUT2D eigenvalue weighted by Crippen LogP contribution is -2.21. The molecule has 5 heteroatoms. The van der Waals surface area contributed by atoms with Gasteiger partial charge in [-0.15, -0.1) is 0 Å². The Morgan fingerprint density at radius 3 is 2.88 bits per heavy atom. The van der Waals surface area contributed by atoms with Gasteiger partial charge < -0.3 is 11.1 Å². The summed E-state index contributed by atoms with van der Waals surface area (Å²) in [6, 6.07) is 1.71. The number of rotatable bonds is 3. The second kappa shape index (κ2) is 4.44. The van der Waals surface area contributed by atoms with E-state index in [0.29, 0.717) is 11.8 Å². The van der Waals surface area contributed by atoms with E-state index in [2.05, 4.69) is 31.2 Å². The molecule has 2 fully saturated rings. The Kier molecular flexibility index (Phi) is 2.94. The Bertz CT molecular complexity index is 403. The van der Waals surface area contributed by atoms with Crippen molar-refractivity contribution < 1.29 is 0 Å². The highest BCUT2D eigenvalue weighted by Crippen LogP contribution is 2.48. The van der Waals surface area contributed by atoms with E-state index in [0.717, 1.165) is 28.9 Å². The molecule has 0 saturated heterocycles. The van der Waals surface area contributed by atoms with E-state index < -0.39 is 0 Å². The molecule has 2 bridgehead atoms. The van der Waals surface area contributed by atoms with Crippen LogP contribution in [0, 0.1) is 17.8 Å². The molecular weight excluding hydrogens is 280 g/mol. The summed E-state index contributed by atoms with van der Waals surface area (Å²) in [6.45, 7) is 0.983. The molecule has 3 atom stereocenters. The second-order valence-electron chi connectivity index (χ2n) is 5.25. The molecule has 3 rings (SSSR count). The first kappa shape index (κ1) is 11.3. The summed E-state index contributed by atoms with van der Waals surface area (Å²) >= 11 is 3.33. The number of anilines is 2. The zero-order chi connectivity index (χ0) is 11.8. The van der Waals surface area contributed by atoms with Gasteiger partial charge in [0.15, 0.2) is 0 Å². The molecule has 3 unspecified atom stereocenters. The van der Waals surface area contributed by atoms with Crippen molar-refractivity contribution in [2.45, 2.75) is 25.7 Å². The van der Waals surface area contributed by atoms with Crippen molar-refractivity contribution in [3.05, 3.63) is 10.7 Å². The molecule has 3 N–H and O–H groups in total. The van der Waals surface area contributed by atoms with E-state index in [1.54, 1.807) is 6.07 Å². The molecule has 0 radical (unpaired) electrons. The number of nitrogens with one attached hydrogen (secondary N) is 1. The van der Waals surface area contributed by atoms with E-state index in [-0.39, 0.29) is 0 Å². The number of hydrogen-bond donors (Lipinski definition) is 2. The fourth-order valence-electron chi connectivity index (χ4n) is 3.36. The molecule has 0 spiro atoms. The third-order valence-corrected chi connectivity index (χ3v) is 4.53. The molecule has 0 aliphatic heterocycles. The second-order valence-corrected chi connectivity index (χ2v) is 6.07. The van der Waals surface area contributed by atoms with Crippen molar-refractivity contribution in [3.63, 3.8) is 0 Å². The van der Waals surface area contributed by atoms with Crippen LogP contribution in [0.2, 0.25) is 0 Å². The number of aromatic nitrogens is 2. The van der Waals surface area contributed by atoms with Crippen LogP contribution in [0.25, 0.3) is 0 Å². The van der Waals surface area contributed by atoms with Crippen LogP contribution in [-0.2, 0) is 0 Å². The minimum absolute atomic E-state index is 0.502. The summed E-state index contributed by atoms with van der Waals surface area (Å²) in [4.78, 5) is 8.45. The number of nitrogens with zero attached hydrogens (tertiary/aromatic N) is 2. The van der Waals surface area contributed by atoms with Gasteiger partial charge in [0.1, 0.15) is 10.4 Å². The predicted molar refractivity (Wildman–Crippen MR) is 71.6 cm³/mol. The first-order valence-electron chi connectivity index (χ1n) is 6.24. The van der Waals surface area contributed by atoms with Gasteiger partial charge in [-0.25, -0.2) is 4.98 Å². The number of nitrogen functional groups attached to an aromatic ring is 1. The number of fused-ring (bicyclic) bond motifs is 2. The first-order valence-corrected chi connectivity index (χ1v) is 7.04. The number of halogens is 1.